The fourth-order valence-electron chi connectivity index (χ4n) is 1.69. The molecular formula is C10H12O5. The van der Waals surface area contributed by atoms with Crippen LogP contribution in [-0.4, -0.2) is 36.4 Å². The van der Waals surface area contributed by atoms with Gasteiger partial charge in [-0.1, -0.05) is 6.08 Å². The van der Waals surface area contributed by atoms with Gasteiger partial charge in [-0.15, -0.1) is 0 Å². The molecule has 0 aromatic carbocycles. The van der Waals surface area contributed by atoms with Crippen LogP contribution < -0.4 is 0 Å². The Kier molecular flexibility index (Phi) is 2.48. The molecule has 1 heterocycles. The lowest BCUT2D eigenvalue weighted by molar-refractivity contribution is -0.163. The maximum absolute atomic E-state index is 10.9. The molecular weight excluding hydrogens is 200 g/mol. The third-order valence-electron chi connectivity index (χ3n) is 2.30. The maximum atomic E-state index is 10.9. The second kappa shape index (κ2) is 3.66. The van der Waals surface area contributed by atoms with E-state index in [1.165, 1.54) is 13.8 Å². The molecule has 0 spiro atoms. The van der Waals surface area contributed by atoms with Gasteiger partial charge in [-0.05, 0) is 6.08 Å². The summed E-state index contributed by atoms with van der Waals surface area (Å²) in [5, 5.41) is 0. The molecule has 0 N–H and O–H groups in total. The zero-order valence-corrected chi connectivity index (χ0v) is 8.51. The van der Waals surface area contributed by atoms with Crippen molar-refractivity contribution in [3.8, 4) is 0 Å². The van der Waals surface area contributed by atoms with E-state index in [2.05, 4.69) is 0 Å². The van der Waals surface area contributed by atoms with E-state index in [0.717, 1.165) is 0 Å². The summed E-state index contributed by atoms with van der Waals surface area (Å²) in [6.07, 6.45) is 2.31. The molecule has 2 aliphatic rings. The highest BCUT2D eigenvalue weighted by molar-refractivity contribution is 5.67. The molecule has 0 aromatic heterocycles. The van der Waals surface area contributed by atoms with Gasteiger partial charge in [0.1, 0.15) is 12.2 Å². The first-order valence-electron chi connectivity index (χ1n) is 4.76. The van der Waals surface area contributed by atoms with Gasteiger partial charge < -0.3 is 14.2 Å². The van der Waals surface area contributed by atoms with Crippen molar-refractivity contribution < 1.29 is 23.8 Å². The van der Waals surface area contributed by atoms with E-state index >= 15 is 0 Å². The van der Waals surface area contributed by atoms with Crippen LogP contribution in [0, 0.1) is 0 Å². The first-order valence-corrected chi connectivity index (χ1v) is 4.76. The third kappa shape index (κ3) is 2.18. The van der Waals surface area contributed by atoms with Crippen LogP contribution in [0.5, 0.6) is 0 Å². The molecule has 2 rings (SSSR count). The van der Waals surface area contributed by atoms with Crippen LogP contribution in [0.25, 0.3) is 0 Å². The summed E-state index contributed by atoms with van der Waals surface area (Å²) in [6, 6.07) is 0. The number of hydrogen-bond donors (Lipinski definition) is 0. The standard InChI is InChI=1S/C10H12O5/c1-5(11)13-7-3-4-8-10(15-8)9(7)14-6(2)12/h3-4,7-10H,1-2H3/t7-,8-,9-,10-/m0/s1. The van der Waals surface area contributed by atoms with Gasteiger partial charge in [0, 0.05) is 13.8 Å². The van der Waals surface area contributed by atoms with Crippen molar-refractivity contribution in [1.29, 1.82) is 0 Å². The highest BCUT2D eigenvalue weighted by Crippen LogP contribution is 2.35. The molecule has 82 valence electrons. The average molecular weight is 212 g/mol. The molecule has 5 nitrogen and oxygen atoms in total. The van der Waals surface area contributed by atoms with Crippen molar-refractivity contribution in [2.75, 3.05) is 0 Å². The van der Waals surface area contributed by atoms with E-state index in [-0.39, 0.29) is 12.2 Å². The monoisotopic (exact) mass is 212 g/mol. The van der Waals surface area contributed by atoms with E-state index in [1.54, 1.807) is 6.08 Å². The highest BCUT2D eigenvalue weighted by atomic mass is 16.6. The number of esters is 2. The van der Waals surface area contributed by atoms with Crippen LogP contribution in [-0.2, 0) is 23.8 Å². The quantitative estimate of drug-likeness (QED) is 0.371. The lowest BCUT2D eigenvalue weighted by Gasteiger charge is -2.24. The molecule has 5 heteroatoms. The van der Waals surface area contributed by atoms with Gasteiger partial charge in [0.25, 0.3) is 0 Å². The van der Waals surface area contributed by atoms with Gasteiger partial charge >= 0.3 is 11.9 Å². The number of carbonyl (C=O) groups is 2. The fourth-order valence-corrected chi connectivity index (χ4v) is 1.69. The van der Waals surface area contributed by atoms with Gasteiger partial charge in [-0.2, -0.15) is 0 Å². The van der Waals surface area contributed by atoms with Crippen LogP contribution in [0.2, 0.25) is 0 Å². The summed E-state index contributed by atoms with van der Waals surface area (Å²) >= 11 is 0. The molecule has 1 fully saturated rings. The number of fused-ring (bicyclic) bond motifs is 1. The minimum Gasteiger partial charge on any atom is -0.455 e. The Hall–Kier alpha value is -1.36. The zero-order chi connectivity index (χ0) is 11.0. The molecule has 1 aliphatic carbocycles. The summed E-state index contributed by atoms with van der Waals surface area (Å²) < 4.78 is 15.3. The maximum Gasteiger partial charge on any atom is 0.303 e. The molecule has 0 aromatic rings. The van der Waals surface area contributed by atoms with Gasteiger partial charge in [-0.3, -0.25) is 9.59 Å². The molecule has 0 bridgehead atoms. The average Bonchev–Trinajstić information content (AvgIpc) is 2.86. The molecule has 0 radical (unpaired) electrons. The van der Waals surface area contributed by atoms with Crippen molar-refractivity contribution in [1.82, 2.24) is 0 Å². The summed E-state index contributed by atoms with van der Waals surface area (Å²) in [6.45, 7) is 2.64. The van der Waals surface area contributed by atoms with Gasteiger partial charge in [0.2, 0.25) is 0 Å². The van der Waals surface area contributed by atoms with E-state index in [0.29, 0.717) is 0 Å². The Balaban J connectivity index is 2.05. The molecule has 0 unspecified atom stereocenters. The lowest BCUT2D eigenvalue weighted by atomic mass is 10.0. The summed E-state index contributed by atoms with van der Waals surface area (Å²) in [5.74, 6) is -0.803. The number of ether oxygens (including phenoxy) is 3. The Labute approximate surface area is 87.0 Å². The summed E-state index contributed by atoms with van der Waals surface area (Å²) in [5.41, 5.74) is 0. The van der Waals surface area contributed by atoms with Gasteiger partial charge in [0.15, 0.2) is 12.2 Å². The topological polar surface area (TPSA) is 65.1 Å². The van der Waals surface area contributed by atoms with Gasteiger partial charge in [-0.25, -0.2) is 0 Å². The SMILES string of the molecule is CC(=O)O[C@@H]1[C@H]2O[C@H]2C=C[C@@H]1OC(C)=O. The normalized spacial score (nSPS) is 36.7. The summed E-state index contributed by atoms with van der Waals surface area (Å²) in [4.78, 5) is 21.7. The number of epoxide rings is 1. The molecule has 4 atom stereocenters. The molecule has 15 heavy (non-hydrogen) atoms. The smallest absolute Gasteiger partial charge is 0.303 e. The third-order valence-corrected chi connectivity index (χ3v) is 2.30. The van der Waals surface area contributed by atoms with Crippen molar-refractivity contribution in [2.45, 2.75) is 38.3 Å². The number of hydrogen-bond acceptors (Lipinski definition) is 5. The second-order valence-corrected chi connectivity index (χ2v) is 3.60. The van der Waals surface area contributed by atoms with Gasteiger partial charge in [0.05, 0.1) is 0 Å². The Morgan fingerprint density at radius 2 is 1.80 bits per heavy atom. The van der Waals surface area contributed by atoms with Crippen molar-refractivity contribution in [3.63, 3.8) is 0 Å². The second-order valence-electron chi connectivity index (χ2n) is 3.60. The number of carbonyl (C=O) groups excluding carboxylic acids is 2. The van der Waals surface area contributed by atoms with Crippen molar-refractivity contribution >= 4 is 11.9 Å². The molecule has 1 saturated heterocycles. The van der Waals surface area contributed by atoms with E-state index in [4.69, 9.17) is 14.2 Å². The predicted molar refractivity (Wildman–Crippen MR) is 48.9 cm³/mol. The van der Waals surface area contributed by atoms with E-state index in [9.17, 15) is 9.59 Å². The first-order chi connectivity index (χ1) is 7.08. The zero-order valence-electron chi connectivity index (χ0n) is 8.51. The number of rotatable bonds is 2. The first kappa shape index (κ1) is 10.2. The molecule has 1 aliphatic heterocycles. The largest absolute Gasteiger partial charge is 0.455 e. The Bertz CT molecular complexity index is 322. The van der Waals surface area contributed by atoms with Crippen LogP contribution in [0.15, 0.2) is 12.2 Å². The fraction of sp³-hybridized carbons (Fsp3) is 0.600. The minimum atomic E-state index is -0.532. The molecule has 0 amide bonds. The van der Waals surface area contributed by atoms with Crippen molar-refractivity contribution in [3.05, 3.63) is 12.2 Å². The van der Waals surface area contributed by atoms with Crippen LogP contribution in [0.1, 0.15) is 13.8 Å². The van der Waals surface area contributed by atoms with Crippen LogP contribution in [0.3, 0.4) is 0 Å². The Morgan fingerprint density at radius 1 is 1.13 bits per heavy atom. The lowest BCUT2D eigenvalue weighted by Crippen LogP contribution is -2.39. The summed E-state index contributed by atoms with van der Waals surface area (Å²) in [7, 11) is 0. The van der Waals surface area contributed by atoms with Crippen molar-refractivity contribution in [2.24, 2.45) is 0 Å². The minimum absolute atomic E-state index is 0.00107. The Morgan fingerprint density at radius 3 is 2.40 bits per heavy atom. The van der Waals surface area contributed by atoms with E-state index < -0.39 is 24.1 Å². The predicted octanol–water partition coefficient (Wildman–Crippen LogP) is 0.187. The van der Waals surface area contributed by atoms with Crippen LogP contribution >= 0.6 is 0 Å². The molecule has 0 saturated carbocycles. The van der Waals surface area contributed by atoms with Crippen LogP contribution in [0.4, 0.5) is 0 Å². The van der Waals surface area contributed by atoms with E-state index in [1.807, 2.05) is 6.08 Å². The highest BCUT2D eigenvalue weighted by Gasteiger charge is 2.52.